The Morgan fingerprint density at radius 3 is 2.75 bits per heavy atom. The Labute approximate surface area is 119 Å². The highest BCUT2D eigenvalue weighted by Gasteiger charge is 2.33. The number of rotatable bonds is 3. The van der Waals surface area contributed by atoms with Crippen LogP contribution in [-0.2, 0) is 16.6 Å². The first-order valence-electron chi connectivity index (χ1n) is 6.82. The molecule has 2 rings (SSSR count). The minimum atomic E-state index is -3.64. The minimum absolute atomic E-state index is 0.0304. The number of nitrogens with zero attached hydrogens (tertiary/aromatic N) is 3. The second kappa shape index (κ2) is 5.34. The van der Waals surface area contributed by atoms with Gasteiger partial charge in [-0.2, -0.15) is 9.40 Å². The summed E-state index contributed by atoms with van der Waals surface area (Å²) >= 11 is 0. The van der Waals surface area contributed by atoms with Crippen LogP contribution in [0.25, 0.3) is 0 Å². The second-order valence-electron chi connectivity index (χ2n) is 5.49. The summed E-state index contributed by atoms with van der Waals surface area (Å²) in [6.45, 7) is 4.87. The van der Waals surface area contributed by atoms with Gasteiger partial charge in [0.15, 0.2) is 5.82 Å². The van der Waals surface area contributed by atoms with Gasteiger partial charge in [-0.05, 0) is 33.1 Å². The molecule has 1 atom stereocenters. The fraction of sp³-hybridized carbons (Fsp3) is 0.750. The van der Waals surface area contributed by atoms with E-state index in [1.165, 1.54) is 15.2 Å². The molecule has 0 aromatic carbocycles. The Morgan fingerprint density at radius 2 is 2.15 bits per heavy atom. The van der Waals surface area contributed by atoms with Gasteiger partial charge in [0.05, 0.1) is 5.60 Å². The lowest BCUT2D eigenvalue weighted by Gasteiger charge is -2.21. The van der Waals surface area contributed by atoms with Crippen LogP contribution in [-0.4, -0.2) is 46.3 Å². The standard InChI is InChI=1S/C12H22N4O3S/c1-3-15-9-10(11(13)14-15)20(18,19)16-7-4-5-12(2,17)6-8-16/h9,17H,3-8H2,1-2H3,(H2,13,14). The average Bonchev–Trinajstić information content (AvgIpc) is 2.64. The maximum Gasteiger partial charge on any atom is 0.248 e. The highest BCUT2D eigenvalue weighted by Crippen LogP contribution is 2.27. The van der Waals surface area contributed by atoms with Crippen molar-refractivity contribution in [2.24, 2.45) is 0 Å². The summed E-state index contributed by atoms with van der Waals surface area (Å²) in [5, 5.41) is 14.0. The largest absolute Gasteiger partial charge is 0.390 e. The van der Waals surface area contributed by atoms with Crippen molar-refractivity contribution in [2.45, 2.75) is 50.2 Å². The van der Waals surface area contributed by atoms with E-state index in [1.54, 1.807) is 6.92 Å². The van der Waals surface area contributed by atoms with Crippen LogP contribution in [0.4, 0.5) is 5.82 Å². The molecule has 0 saturated carbocycles. The highest BCUT2D eigenvalue weighted by molar-refractivity contribution is 7.89. The molecule has 2 heterocycles. The first-order valence-corrected chi connectivity index (χ1v) is 8.26. The van der Waals surface area contributed by atoms with Crippen molar-refractivity contribution in [1.29, 1.82) is 0 Å². The van der Waals surface area contributed by atoms with Gasteiger partial charge in [-0.3, -0.25) is 4.68 Å². The molecule has 0 amide bonds. The monoisotopic (exact) mass is 302 g/mol. The van der Waals surface area contributed by atoms with Crippen molar-refractivity contribution in [3.8, 4) is 0 Å². The molecule has 1 aromatic rings. The van der Waals surface area contributed by atoms with E-state index in [0.29, 0.717) is 38.9 Å². The number of anilines is 1. The number of nitrogens with two attached hydrogens (primary N) is 1. The molecule has 0 radical (unpaired) electrons. The van der Waals surface area contributed by atoms with Crippen molar-refractivity contribution in [3.63, 3.8) is 0 Å². The fourth-order valence-electron chi connectivity index (χ4n) is 2.40. The number of sulfonamides is 1. The second-order valence-corrected chi connectivity index (χ2v) is 7.40. The predicted octanol–water partition coefficient (Wildman–Crippen LogP) is 0.411. The third kappa shape index (κ3) is 2.97. The van der Waals surface area contributed by atoms with E-state index in [2.05, 4.69) is 5.10 Å². The summed E-state index contributed by atoms with van der Waals surface area (Å²) in [4.78, 5) is 0.0564. The summed E-state index contributed by atoms with van der Waals surface area (Å²) in [6, 6.07) is 0. The Balaban J connectivity index is 2.28. The zero-order chi connectivity index (χ0) is 15.0. The third-order valence-corrected chi connectivity index (χ3v) is 5.63. The van der Waals surface area contributed by atoms with Crippen LogP contribution in [0.3, 0.4) is 0 Å². The molecule has 1 aromatic heterocycles. The molecule has 1 aliphatic rings. The zero-order valence-electron chi connectivity index (χ0n) is 11.9. The lowest BCUT2D eigenvalue weighted by atomic mass is 9.98. The molecule has 0 spiro atoms. The molecule has 1 aliphatic heterocycles. The van der Waals surface area contributed by atoms with Crippen LogP contribution in [0.15, 0.2) is 11.1 Å². The molecule has 8 heteroatoms. The first-order chi connectivity index (χ1) is 9.26. The molecule has 20 heavy (non-hydrogen) atoms. The van der Waals surface area contributed by atoms with Gasteiger partial charge in [0.1, 0.15) is 4.90 Å². The van der Waals surface area contributed by atoms with Gasteiger partial charge >= 0.3 is 0 Å². The summed E-state index contributed by atoms with van der Waals surface area (Å²) in [5.74, 6) is 0.0304. The molecule has 7 nitrogen and oxygen atoms in total. The normalized spacial score (nSPS) is 25.6. The van der Waals surface area contributed by atoms with Crippen LogP contribution < -0.4 is 5.73 Å². The van der Waals surface area contributed by atoms with Crippen LogP contribution in [0.5, 0.6) is 0 Å². The molecular weight excluding hydrogens is 280 g/mol. The van der Waals surface area contributed by atoms with E-state index in [9.17, 15) is 13.5 Å². The van der Waals surface area contributed by atoms with Crippen molar-refractivity contribution < 1.29 is 13.5 Å². The summed E-state index contributed by atoms with van der Waals surface area (Å²) in [6.07, 6.45) is 3.12. The number of aliphatic hydroxyl groups is 1. The van der Waals surface area contributed by atoms with Crippen molar-refractivity contribution in [2.75, 3.05) is 18.8 Å². The van der Waals surface area contributed by atoms with Gasteiger partial charge in [0, 0.05) is 25.8 Å². The van der Waals surface area contributed by atoms with Gasteiger partial charge in [0.2, 0.25) is 10.0 Å². The third-order valence-electron chi connectivity index (χ3n) is 3.72. The van der Waals surface area contributed by atoms with Crippen molar-refractivity contribution in [1.82, 2.24) is 14.1 Å². The van der Waals surface area contributed by atoms with Gasteiger partial charge in [-0.15, -0.1) is 0 Å². The topological polar surface area (TPSA) is 101 Å². The summed E-state index contributed by atoms with van der Waals surface area (Å²) < 4.78 is 28.1. The Hall–Kier alpha value is -1.12. The van der Waals surface area contributed by atoms with E-state index in [4.69, 9.17) is 5.73 Å². The van der Waals surface area contributed by atoms with Gasteiger partial charge in [-0.1, -0.05) is 0 Å². The Kier molecular flexibility index (Phi) is 4.08. The van der Waals surface area contributed by atoms with E-state index < -0.39 is 15.6 Å². The smallest absolute Gasteiger partial charge is 0.248 e. The number of hydrogen-bond donors (Lipinski definition) is 2. The van der Waals surface area contributed by atoms with Gasteiger partial charge in [-0.25, -0.2) is 8.42 Å². The summed E-state index contributed by atoms with van der Waals surface area (Å²) in [5.41, 5.74) is 4.91. The van der Waals surface area contributed by atoms with E-state index in [0.717, 1.165) is 0 Å². The lowest BCUT2D eigenvalue weighted by molar-refractivity contribution is 0.0465. The quantitative estimate of drug-likeness (QED) is 0.842. The SMILES string of the molecule is CCn1cc(S(=O)(=O)N2CCCC(C)(O)CC2)c(N)n1. The van der Waals surface area contributed by atoms with E-state index in [1.807, 2.05) is 6.92 Å². The van der Waals surface area contributed by atoms with Crippen LogP contribution in [0.2, 0.25) is 0 Å². The zero-order valence-corrected chi connectivity index (χ0v) is 12.7. The first kappa shape index (κ1) is 15.3. The average molecular weight is 302 g/mol. The molecule has 1 unspecified atom stereocenters. The maximum atomic E-state index is 12.6. The van der Waals surface area contributed by atoms with Crippen LogP contribution in [0.1, 0.15) is 33.1 Å². The molecule has 0 bridgehead atoms. The molecule has 1 saturated heterocycles. The number of nitrogen functional groups attached to an aromatic ring is 1. The number of aryl methyl sites for hydroxylation is 1. The van der Waals surface area contributed by atoms with E-state index >= 15 is 0 Å². The molecule has 114 valence electrons. The molecule has 1 fully saturated rings. The van der Waals surface area contributed by atoms with Gasteiger partial charge < -0.3 is 10.8 Å². The van der Waals surface area contributed by atoms with Gasteiger partial charge in [0.25, 0.3) is 0 Å². The minimum Gasteiger partial charge on any atom is -0.390 e. The van der Waals surface area contributed by atoms with Crippen molar-refractivity contribution in [3.05, 3.63) is 6.20 Å². The summed E-state index contributed by atoms with van der Waals surface area (Å²) in [7, 11) is -3.64. The maximum absolute atomic E-state index is 12.6. The highest BCUT2D eigenvalue weighted by atomic mass is 32.2. The fourth-order valence-corrected chi connectivity index (χ4v) is 3.94. The number of hydrogen-bond acceptors (Lipinski definition) is 5. The van der Waals surface area contributed by atoms with Crippen molar-refractivity contribution >= 4 is 15.8 Å². The molecule has 3 N–H and O–H groups in total. The number of aromatic nitrogens is 2. The Morgan fingerprint density at radius 1 is 1.45 bits per heavy atom. The predicted molar refractivity (Wildman–Crippen MR) is 75.5 cm³/mol. The van der Waals surface area contributed by atoms with Crippen LogP contribution in [0, 0.1) is 0 Å². The lowest BCUT2D eigenvalue weighted by Crippen LogP contribution is -2.33. The molecule has 0 aliphatic carbocycles. The molecular formula is C12H22N4O3S. The van der Waals surface area contributed by atoms with Crippen LogP contribution >= 0.6 is 0 Å². The Bertz CT molecular complexity index is 580. The van der Waals surface area contributed by atoms with E-state index in [-0.39, 0.29) is 10.7 Å².